The van der Waals surface area contributed by atoms with E-state index in [1.165, 1.54) is 11.8 Å². The molecule has 1 saturated carbocycles. The van der Waals surface area contributed by atoms with Gasteiger partial charge in [-0.25, -0.2) is 4.98 Å². The Balaban J connectivity index is 1.03. The number of piperazine rings is 1. The van der Waals surface area contributed by atoms with E-state index in [0.29, 0.717) is 70.8 Å². The van der Waals surface area contributed by atoms with Crippen LogP contribution in [0.5, 0.6) is 0 Å². The summed E-state index contributed by atoms with van der Waals surface area (Å²) in [5.41, 5.74) is 0.0237. The first-order chi connectivity index (χ1) is 23.5. The van der Waals surface area contributed by atoms with Crippen molar-refractivity contribution in [2.75, 3.05) is 54.4 Å². The van der Waals surface area contributed by atoms with Crippen LogP contribution in [0.1, 0.15) is 73.2 Å². The number of anilines is 3. The number of rotatable bonds is 9. The number of carbonyl (C=O) groups is 3. The first-order valence-corrected chi connectivity index (χ1v) is 16.9. The number of aromatic nitrogens is 2. The number of nitrogens with one attached hydrogen (secondary N) is 1. The van der Waals surface area contributed by atoms with Crippen molar-refractivity contribution < 1.29 is 37.1 Å². The Morgan fingerprint density at radius 3 is 2.12 bits per heavy atom. The van der Waals surface area contributed by atoms with Crippen LogP contribution in [0.15, 0.2) is 53.1 Å². The molecule has 262 valence electrons. The molecule has 1 aliphatic carbocycles. The molecule has 2 aromatic heterocycles. The Hall–Kier alpha value is -4.46. The second kappa shape index (κ2) is 14.6. The molecule has 6 rings (SSSR count). The minimum absolute atomic E-state index is 0.110. The van der Waals surface area contributed by atoms with Gasteiger partial charge in [0.2, 0.25) is 5.76 Å². The fourth-order valence-corrected chi connectivity index (χ4v) is 7.24. The van der Waals surface area contributed by atoms with E-state index < -0.39 is 29.5 Å². The maximum absolute atomic E-state index is 13.9. The van der Waals surface area contributed by atoms with Gasteiger partial charge in [-0.3, -0.25) is 19.3 Å². The summed E-state index contributed by atoms with van der Waals surface area (Å²) in [6.07, 6.45) is 0.220. The zero-order chi connectivity index (χ0) is 34.7. The van der Waals surface area contributed by atoms with Crippen molar-refractivity contribution in [2.24, 2.45) is 11.8 Å². The van der Waals surface area contributed by atoms with Gasteiger partial charge in [-0.15, -0.1) is 0 Å². The van der Waals surface area contributed by atoms with Crippen LogP contribution in [0.25, 0.3) is 0 Å². The number of carbonyl (C=O) groups excluding carboxylic acids is 2. The third-order valence-corrected chi connectivity index (χ3v) is 10.2. The lowest BCUT2D eigenvalue weighted by atomic mass is 9.78. The fraction of sp³-hybridized carbons (Fsp3) is 0.514. The van der Waals surface area contributed by atoms with Crippen LogP contribution in [-0.2, 0) is 15.8 Å². The zero-order valence-corrected chi connectivity index (χ0v) is 27.4. The number of carboxylic acids is 1. The van der Waals surface area contributed by atoms with Crippen molar-refractivity contribution in [1.29, 1.82) is 0 Å². The van der Waals surface area contributed by atoms with Crippen LogP contribution in [0.3, 0.4) is 0 Å². The van der Waals surface area contributed by atoms with Gasteiger partial charge in [0.15, 0.2) is 11.5 Å². The van der Waals surface area contributed by atoms with Crippen molar-refractivity contribution in [1.82, 2.24) is 14.9 Å². The van der Waals surface area contributed by atoms with E-state index in [2.05, 4.69) is 20.2 Å². The highest BCUT2D eigenvalue weighted by molar-refractivity contribution is 6.03. The van der Waals surface area contributed by atoms with Crippen LogP contribution in [0.4, 0.5) is 30.7 Å². The standard InChI is InChI=1S/C35H41F3N6O5/c1-22(29(45)25-7-9-26(10-8-25)33(47)48)42-17-19-43(20-18-42)28-12-11-27(21-39-28)40-32(46)30-31(35(36,37)38)41-34(49-30)44-15-13-24(14-16-44)23-5-3-2-4-6-23/h2-6,11-12,21-22,24-26H,7-10,13-20H2,1H3,(H,40,46)(H,47,48). The number of benzene rings is 1. The predicted octanol–water partition coefficient (Wildman–Crippen LogP) is 5.70. The SMILES string of the molecule is CC(C(=O)C1CCC(C(=O)O)CC1)N1CCN(c2ccc(NC(=O)c3oc(N4CCC(c5ccccc5)CC4)nc3C(F)(F)F)cn2)CC1. The number of carboxylic acid groups (broad SMARTS) is 1. The molecule has 0 bridgehead atoms. The maximum atomic E-state index is 13.9. The molecule has 2 N–H and O–H groups in total. The first-order valence-electron chi connectivity index (χ1n) is 16.9. The zero-order valence-electron chi connectivity index (χ0n) is 27.4. The molecule has 1 unspecified atom stereocenters. The number of aliphatic carboxylic acids is 1. The number of hydrogen-bond donors (Lipinski definition) is 2. The van der Waals surface area contributed by atoms with E-state index in [0.717, 1.165) is 12.8 Å². The minimum atomic E-state index is -4.89. The summed E-state index contributed by atoms with van der Waals surface area (Å²) >= 11 is 0. The van der Waals surface area contributed by atoms with Gasteiger partial charge in [-0.05, 0) is 69.1 Å². The van der Waals surface area contributed by atoms with Gasteiger partial charge in [-0.1, -0.05) is 30.3 Å². The van der Waals surface area contributed by atoms with Crippen LogP contribution >= 0.6 is 0 Å². The third-order valence-electron chi connectivity index (χ3n) is 10.2. The van der Waals surface area contributed by atoms with Crippen molar-refractivity contribution >= 4 is 35.2 Å². The lowest BCUT2D eigenvalue weighted by Crippen LogP contribution is -2.53. The van der Waals surface area contributed by atoms with Crippen LogP contribution in [0.2, 0.25) is 0 Å². The molecule has 3 fully saturated rings. The van der Waals surface area contributed by atoms with Gasteiger partial charge < -0.3 is 24.6 Å². The van der Waals surface area contributed by atoms with E-state index in [-0.39, 0.29) is 41.3 Å². The summed E-state index contributed by atoms with van der Waals surface area (Å²) in [5, 5.41) is 11.7. The Kier molecular flexibility index (Phi) is 10.2. The molecule has 4 heterocycles. The van der Waals surface area contributed by atoms with Crippen molar-refractivity contribution in [3.8, 4) is 0 Å². The summed E-state index contributed by atoms with van der Waals surface area (Å²) in [4.78, 5) is 51.4. The average molecular weight is 683 g/mol. The highest BCUT2D eigenvalue weighted by Crippen LogP contribution is 2.37. The summed E-state index contributed by atoms with van der Waals surface area (Å²) in [7, 11) is 0. The average Bonchev–Trinajstić information content (AvgIpc) is 3.59. The lowest BCUT2D eigenvalue weighted by Gasteiger charge is -2.39. The third kappa shape index (κ3) is 7.90. The van der Waals surface area contributed by atoms with E-state index in [9.17, 15) is 32.7 Å². The van der Waals surface area contributed by atoms with E-state index in [1.54, 1.807) is 17.0 Å². The molecule has 14 heteroatoms. The second-order valence-electron chi connectivity index (χ2n) is 13.2. The Morgan fingerprint density at radius 2 is 1.53 bits per heavy atom. The molecular formula is C35H41F3N6O5. The second-order valence-corrected chi connectivity index (χ2v) is 13.2. The Bertz CT molecular complexity index is 1610. The van der Waals surface area contributed by atoms with Crippen molar-refractivity contribution in [3.05, 3.63) is 65.7 Å². The van der Waals surface area contributed by atoms with Crippen LogP contribution in [0, 0.1) is 11.8 Å². The number of halogens is 3. The summed E-state index contributed by atoms with van der Waals surface area (Å²) < 4.78 is 47.3. The number of pyridine rings is 1. The molecule has 1 aromatic carbocycles. The lowest BCUT2D eigenvalue weighted by molar-refractivity contribution is -0.144. The molecule has 1 atom stereocenters. The Morgan fingerprint density at radius 1 is 0.878 bits per heavy atom. The van der Waals surface area contributed by atoms with Gasteiger partial charge >= 0.3 is 12.1 Å². The first kappa shape index (κ1) is 34.4. The van der Waals surface area contributed by atoms with E-state index in [4.69, 9.17) is 4.42 Å². The van der Waals surface area contributed by atoms with Crippen molar-refractivity contribution in [2.45, 2.75) is 63.6 Å². The minimum Gasteiger partial charge on any atom is -0.481 e. The van der Waals surface area contributed by atoms with Crippen molar-refractivity contribution in [3.63, 3.8) is 0 Å². The normalized spacial score (nSPS) is 21.7. The molecular weight excluding hydrogens is 641 g/mol. The van der Waals surface area contributed by atoms with Crippen LogP contribution < -0.4 is 15.1 Å². The van der Waals surface area contributed by atoms with Gasteiger partial charge in [0.05, 0.1) is 23.8 Å². The number of ketones is 1. The molecule has 1 amide bonds. The number of nitrogens with zero attached hydrogens (tertiary/aromatic N) is 5. The number of oxazole rings is 1. The number of hydrogen-bond acceptors (Lipinski definition) is 9. The van der Waals surface area contributed by atoms with Gasteiger partial charge in [0.25, 0.3) is 11.9 Å². The number of piperidine rings is 1. The number of Topliss-reactive ketones (excluding diaryl/α,β-unsaturated/α-hetero) is 1. The quantitative estimate of drug-likeness (QED) is 0.290. The van der Waals surface area contributed by atoms with Gasteiger partial charge in [0.1, 0.15) is 5.82 Å². The molecule has 11 nitrogen and oxygen atoms in total. The number of alkyl halides is 3. The van der Waals surface area contributed by atoms with Gasteiger partial charge in [0, 0.05) is 45.2 Å². The molecule has 3 aliphatic rings. The fourth-order valence-electron chi connectivity index (χ4n) is 7.24. The molecule has 49 heavy (non-hydrogen) atoms. The topological polar surface area (TPSA) is 132 Å². The van der Waals surface area contributed by atoms with E-state index >= 15 is 0 Å². The Labute approximate surface area is 282 Å². The predicted molar refractivity (Wildman–Crippen MR) is 176 cm³/mol. The number of amides is 1. The van der Waals surface area contributed by atoms with Crippen LogP contribution in [-0.4, -0.2) is 82.9 Å². The molecule has 0 radical (unpaired) electrons. The maximum Gasteiger partial charge on any atom is 0.437 e. The summed E-state index contributed by atoms with van der Waals surface area (Å²) in [6, 6.07) is 12.7. The smallest absolute Gasteiger partial charge is 0.437 e. The van der Waals surface area contributed by atoms with Gasteiger partial charge in [-0.2, -0.15) is 18.2 Å². The summed E-state index contributed by atoms with van der Waals surface area (Å²) in [6.45, 7) is 5.30. The molecule has 0 spiro atoms. The van der Waals surface area contributed by atoms with E-state index in [1.807, 2.05) is 42.2 Å². The molecule has 2 aliphatic heterocycles. The highest BCUT2D eigenvalue weighted by atomic mass is 19.4. The highest BCUT2D eigenvalue weighted by Gasteiger charge is 2.42. The molecule has 2 saturated heterocycles. The monoisotopic (exact) mass is 682 g/mol. The largest absolute Gasteiger partial charge is 0.481 e. The molecule has 3 aromatic rings. The summed E-state index contributed by atoms with van der Waals surface area (Å²) in [5.74, 6) is -2.13.